The van der Waals surface area contributed by atoms with Gasteiger partial charge in [0.2, 0.25) is 5.91 Å². The van der Waals surface area contributed by atoms with Gasteiger partial charge in [0.25, 0.3) is 0 Å². The summed E-state index contributed by atoms with van der Waals surface area (Å²) in [6.45, 7) is 4.80. The largest absolute Gasteiger partial charge is 0.494 e. The zero-order valence-corrected chi connectivity index (χ0v) is 11.4. The number of nitrogens with two attached hydrogens (primary N) is 1. The van der Waals surface area contributed by atoms with Crippen molar-refractivity contribution < 1.29 is 9.53 Å². The second kappa shape index (κ2) is 8.32. The Kier molecular flexibility index (Phi) is 6.68. The minimum absolute atomic E-state index is 0.0559. The van der Waals surface area contributed by atoms with Crippen LogP contribution >= 0.6 is 0 Å². The fraction of sp³-hybridized carbons (Fsp3) is 0.400. The molecular weight excluding hydrogens is 240 g/mol. The van der Waals surface area contributed by atoms with Crippen LogP contribution in [0, 0.1) is 0 Å². The average Bonchev–Trinajstić information content (AvgIpc) is 2.44. The molecule has 1 rings (SSSR count). The van der Waals surface area contributed by atoms with Gasteiger partial charge in [0.05, 0.1) is 12.6 Å². The van der Waals surface area contributed by atoms with E-state index in [9.17, 15) is 4.79 Å². The predicted molar refractivity (Wildman–Crippen MR) is 77.0 cm³/mol. The Bertz CT molecular complexity index is 392. The van der Waals surface area contributed by atoms with Crippen LogP contribution in [0.1, 0.15) is 12.8 Å². The summed E-state index contributed by atoms with van der Waals surface area (Å²) in [5.41, 5.74) is 5.73. The van der Waals surface area contributed by atoms with E-state index in [1.807, 2.05) is 30.3 Å². The molecule has 104 valence electrons. The number of benzene rings is 1. The lowest BCUT2D eigenvalue weighted by atomic mass is 10.2. The molecule has 1 atom stereocenters. The monoisotopic (exact) mass is 262 g/mol. The van der Waals surface area contributed by atoms with E-state index in [1.54, 1.807) is 18.0 Å². The first-order chi connectivity index (χ1) is 9.15. The number of para-hydroxylation sites is 1. The second-order valence-corrected chi connectivity index (χ2v) is 4.41. The van der Waals surface area contributed by atoms with Gasteiger partial charge in [-0.15, -0.1) is 6.58 Å². The van der Waals surface area contributed by atoms with Crippen molar-refractivity contribution in [2.24, 2.45) is 5.73 Å². The highest BCUT2D eigenvalue weighted by atomic mass is 16.5. The molecule has 0 fully saturated rings. The minimum atomic E-state index is -0.488. The number of ether oxygens (including phenoxy) is 1. The van der Waals surface area contributed by atoms with Crippen molar-refractivity contribution in [1.29, 1.82) is 0 Å². The molecule has 19 heavy (non-hydrogen) atoms. The van der Waals surface area contributed by atoms with Gasteiger partial charge in [0, 0.05) is 13.6 Å². The highest BCUT2D eigenvalue weighted by molar-refractivity contribution is 5.81. The van der Waals surface area contributed by atoms with Gasteiger partial charge in [-0.1, -0.05) is 24.3 Å². The first kappa shape index (κ1) is 15.2. The van der Waals surface area contributed by atoms with Gasteiger partial charge in [-0.25, -0.2) is 0 Å². The molecule has 0 saturated heterocycles. The summed E-state index contributed by atoms with van der Waals surface area (Å²) in [5.74, 6) is 0.791. The molecule has 4 heteroatoms. The lowest BCUT2D eigenvalue weighted by Crippen LogP contribution is -2.42. The average molecular weight is 262 g/mol. The number of nitrogens with zero attached hydrogens (tertiary/aromatic N) is 1. The number of carbonyl (C=O) groups is 1. The molecule has 0 spiro atoms. The summed E-state index contributed by atoms with van der Waals surface area (Å²) < 4.78 is 5.56. The van der Waals surface area contributed by atoms with E-state index in [0.29, 0.717) is 19.6 Å². The Balaban J connectivity index is 2.21. The Morgan fingerprint density at radius 3 is 2.79 bits per heavy atom. The molecule has 4 nitrogen and oxygen atoms in total. The minimum Gasteiger partial charge on any atom is -0.494 e. The highest BCUT2D eigenvalue weighted by Gasteiger charge is 2.15. The predicted octanol–water partition coefficient (Wildman–Crippen LogP) is 1.82. The highest BCUT2D eigenvalue weighted by Crippen LogP contribution is 2.08. The van der Waals surface area contributed by atoms with E-state index < -0.39 is 6.04 Å². The van der Waals surface area contributed by atoms with Crippen molar-refractivity contribution in [3.8, 4) is 5.75 Å². The summed E-state index contributed by atoms with van der Waals surface area (Å²) in [5, 5.41) is 0. The van der Waals surface area contributed by atoms with Gasteiger partial charge in [-0.2, -0.15) is 0 Å². The maximum Gasteiger partial charge on any atom is 0.239 e. The van der Waals surface area contributed by atoms with Crippen molar-refractivity contribution in [2.75, 3.05) is 20.2 Å². The second-order valence-electron chi connectivity index (χ2n) is 4.41. The van der Waals surface area contributed by atoms with Crippen LogP contribution in [0.15, 0.2) is 43.0 Å². The fourth-order valence-corrected chi connectivity index (χ4v) is 1.68. The van der Waals surface area contributed by atoms with Crippen LogP contribution in [0.5, 0.6) is 5.75 Å². The third-order valence-electron chi connectivity index (χ3n) is 2.76. The number of hydrogen-bond acceptors (Lipinski definition) is 3. The summed E-state index contributed by atoms with van der Waals surface area (Å²) in [4.78, 5) is 13.5. The van der Waals surface area contributed by atoms with Gasteiger partial charge in [0.15, 0.2) is 0 Å². The van der Waals surface area contributed by atoms with E-state index >= 15 is 0 Å². The molecule has 1 unspecified atom stereocenters. The van der Waals surface area contributed by atoms with Gasteiger partial charge in [0.1, 0.15) is 5.75 Å². The molecule has 0 aliphatic heterocycles. The molecule has 0 aliphatic carbocycles. The standard InChI is InChI=1S/C15H22N2O2/c1-3-8-14(16)15(18)17(2)11-7-12-19-13-9-5-4-6-10-13/h3-6,9-10,14H,1,7-8,11-12,16H2,2H3. The Morgan fingerprint density at radius 2 is 2.16 bits per heavy atom. The normalized spacial score (nSPS) is 11.7. The topological polar surface area (TPSA) is 55.6 Å². The quantitative estimate of drug-likeness (QED) is 0.574. The first-order valence-electron chi connectivity index (χ1n) is 6.44. The first-order valence-corrected chi connectivity index (χ1v) is 6.44. The molecule has 1 aromatic rings. The number of amides is 1. The number of likely N-dealkylation sites (N-methyl/N-ethyl adjacent to an activating group) is 1. The molecule has 0 saturated carbocycles. The Hall–Kier alpha value is -1.81. The number of carbonyl (C=O) groups excluding carboxylic acids is 1. The van der Waals surface area contributed by atoms with Crippen LogP contribution in [0.25, 0.3) is 0 Å². The van der Waals surface area contributed by atoms with Crippen molar-refractivity contribution in [1.82, 2.24) is 4.90 Å². The van der Waals surface area contributed by atoms with Crippen LogP contribution in [0.2, 0.25) is 0 Å². The third kappa shape index (κ3) is 5.57. The summed E-state index contributed by atoms with van der Waals surface area (Å²) >= 11 is 0. The van der Waals surface area contributed by atoms with Crippen LogP contribution in [0.4, 0.5) is 0 Å². The maximum atomic E-state index is 11.8. The number of hydrogen-bond donors (Lipinski definition) is 1. The fourth-order valence-electron chi connectivity index (χ4n) is 1.68. The van der Waals surface area contributed by atoms with Crippen molar-refractivity contribution >= 4 is 5.91 Å². The van der Waals surface area contributed by atoms with E-state index in [0.717, 1.165) is 12.2 Å². The Morgan fingerprint density at radius 1 is 1.47 bits per heavy atom. The molecule has 0 heterocycles. The molecule has 0 bridgehead atoms. The van der Waals surface area contributed by atoms with Crippen LogP contribution < -0.4 is 10.5 Å². The molecule has 1 amide bonds. The van der Waals surface area contributed by atoms with Crippen molar-refractivity contribution in [3.05, 3.63) is 43.0 Å². The van der Waals surface area contributed by atoms with Gasteiger partial charge in [-0.3, -0.25) is 4.79 Å². The van der Waals surface area contributed by atoms with E-state index in [1.165, 1.54) is 0 Å². The summed E-state index contributed by atoms with van der Waals surface area (Å²) in [7, 11) is 1.76. The van der Waals surface area contributed by atoms with E-state index in [2.05, 4.69) is 6.58 Å². The van der Waals surface area contributed by atoms with Crippen LogP contribution in [-0.2, 0) is 4.79 Å². The van der Waals surface area contributed by atoms with Gasteiger partial charge in [-0.05, 0) is 25.0 Å². The molecule has 1 aromatic carbocycles. The maximum absolute atomic E-state index is 11.8. The van der Waals surface area contributed by atoms with Crippen molar-refractivity contribution in [2.45, 2.75) is 18.9 Å². The SMILES string of the molecule is C=CCC(N)C(=O)N(C)CCCOc1ccccc1. The third-order valence-corrected chi connectivity index (χ3v) is 2.76. The summed E-state index contributed by atoms with van der Waals surface area (Å²) in [6.07, 6.45) is 2.94. The zero-order valence-electron chi connectivity index (χ0n) is 11.4. The van der Waals surface area contributed by atoms with Gasteiger partial charge < -0.3 is 15.4 Å². The lowest BCUT2D eigenvalue weighted by Gasteiger charge is -2.20. The molecular formula is C15H22N2O2. The molecule has 2 N–H and O–H groups in total. The smallest absolute Gasteiger partial charge is 0.239 e. The molecule has 0 aliphatic rings. The molecule has 0 aromatic heterocycles. The molecule has 0 radical (unpaired) electrons. The summed E-state index contributed by atoms with van der Waals surface area (Å²) in [6, 6.07) is 9.14. The Labute approximate surface area is 114 Å². The van der Waals surface area contributed by atoms with Crippen molar-refractivity contribution in [3.63, 3.8) is 0 Å². The van der Waals surface area contributed by atoms with Crippen LogP contribution in [0.3, 0.4) is 0 Å². The zero-order chi connectivity index (χ0) is 14.1. The van der Waals surface area contributed by atoms with E-state index in [-0.39, 0.29) is 5.91 Å². The van der Waals surface area contributed by atoms with Crippen LogP contribution in [-0.4, -0.2) is 37.0 Å². The lowest BCUT2D eigenvalue weighted by molar-refractivity contribution is -0.131. The van der Waals surface area contributed by atoms with Gasteiger partial charge >= 0.3 is 0 Å². The number of rotatable bonds is 8. The van der Waals surface area contributed by atoms with E-state index in [4.69, 9.17) is 10.5 Å².